The fourth-order valence-corrected chi connectivity index (χ4v) is 2.44. The lowest BCUT2D eigenvalue weighted by Gasteiger charge is -2.40. The third-order valence-corrected chi connectivity index (χ3v) is 3.39. The molecule has 2 N–H and O–H groups in total. The first-order valence-electron chi connectivity index (χ1n) is 6.65. The molecule has 1 fully saturated rings. The van der Waals surface area contributed by atoms with Gasteiger partial charge in [-0.2, -0.15) is 13.2 Å². The van der Waals surface area contributed by atoms with Crippen LogP contribution >= 0.6 is 0 Å². The summed E-state index contributed by atoms with van der Waals surface area (Å²) in [6, 6.07) is 0. The molecule has 1 saturated heterocycles. The van der Waals surface area contributed by atoms with E-state index in [9.17, 15) is 18.3 Å². The van der Waals surface area contributed by atoms with Gasteiger partial charge >= 0.3 is 6.18 Å². The van der Waals surface area contributed by atoms with Gasteiger partial charge < -0.3 is 10.4 Å². The molecule has 1 heterocycles. The van der Waals surface area contributed by atoms with Gasteiger partial charge in [0.25, 0.3) is 0 Å². The second kappa shape index (κ2) is 6.88. The number of alkyl halides is 3. The Balaban J connectivity index is 2.37. The van der Waals surface area contributed by atoms with E-state index in [1.807, 2.05) is 13.8 Å². The highest BCUT2D eigenvalue weighted by Crippen LogP contribution is 2.18. The van der Waals surface area contributed by atoms with E-state index in [0.717, 1.165) is 6.54 Å². The van der Waals surface area contributed by atoms with E-state index in [2.05, 4.69) is 10.2 Å². The lowest BCUT2D eigenvalue weighted by Crippen LogP contribution is -2.58. The number of aliphatic hydroxyl groups excluding tert-OH is 1. The number of likely N-dealkylation sites (N-methyl/N-ethyl adjacent to an activating group) is 1. The minimum absolute atomic E-state index is 0.0175. The third-order valence-electron chi connectivity index (χ3n) is 3.39. The molecule has 0 saturated carbocycles. The van der Waals surface area contributed by atoms with Crippen LogP contribution in [0.15, 0.2) is 0 Å². The number of halogens is 3. The number of aliphatic hydroxyl groups is 1. The molecule has 1 aliphatic rings. The molecule has 1 rings (SSSR count). The molecule has 1 unspecified atom stereocenters. The van der Waals surface area contributed by atoms with Crippen LogP contribution in [0.1, 0.15) is 13.8 Å². The van der Waals surface area contributed by atoms with Gasteiger partial charge in [-0.15, -0.1) is 0 Å². The fraction of sp³-hybridized carbons (Fsp3) is 1.00. The number of hydrogen-bond donors (Lipinski definition) is 2. The second-order valence-corrected chi connectivity index (χ2v) is 5.42. The molecule has 0 bridgehead atoms. The first kappa shape index (κ1) is 16.7. The first-order chi connectivity index (χ1) is 8.78. The van der Waals surface area contributed by atoms with E-state index in [4.69, 9.17) is 0 Å². The molecule has 4 nitrogen and oxygen atoms in total. The Morgan fingerprint density at radius 3 is 1.89 bits per heavy atom. The van der Waals surface area contributed by atoms with Gasteiger partial charge in [0, 0.05) is 32.7 Å². The van der Waals surface area contributed by atoms with Crippen LogP contribution in [-0.2, 0) is 0 Å². The maximum Gasteiger partial charge on any atom is 0.401 e. The number of hydrogen-bond acceptors (Lipinski definition) is 4. The Bertz CT molecular complexity index is 267. The predicted octanol–water partition coefficient (Wildman–Crippen LogP) is 0.527. The average molecular weight is 283 g/mol. The minimum atomic E-state index is -4.12. The molecule has 0 aromatic rings. The zero-order valence-corrected chi connectivity index (χ0v) is 11.6. The second-order valence-electron chi connectivity index (χ2n) is 5.42. The van der Waals surface area contributed by atoms with Crippen molar-refractivity contribution in [3.63, 3.8) is 0 Å². The van der Waals surface area contributed by atoms with Gasteiger partial charge in [-0.05, 0) is 13.5 Å². The lowest BCUT2D eigenvalue weighted by molar-refractivity contribution is -0.149. The summed E-state index contributed by atoms with van der Waals surface area (Å²) in [5.41, 5.74) is -0.388. The third kappa shape index (κ3) is 6.07. The first-order valence-corrected chi connectivity index (χ1v) is 6.65. The summed E-state index contributed by atoms with van der Waals surface area (Å²) in [7, 11) is 0. The molecule has 1 aliphatic heterocycles. The van der Waals surface area contributed by atoms with Gasteiger partial charge in [0.1, 0.15) is 0 Å². The number of piperazine rings is 1. The highest BCUT2D eigenvalue weighted by molar-refractivity contribution is 4.87. The van der Waals surface area contributed by atoms with Crippen molar-refractivity contribution in [1.82, 2.24) is 15.1 Å². The van der Waals surface area contributed by atoms with Crippen molar-refractivity contribution >= 4 is 0 Å². The zero-order chi connectivity index (χ0) is 14.5. The van der Waals surface area contributed by atoms with Crippen molar-refractivity contribution in [2.75, 3.05) is 52.4 Å². The Morgan fingerprint density at radius 2 is 1.53 bits per heavy atom. The quantitative estimate of drug-likeness (QED) is 0.746. The molecule has 19 heavy (non-hydrogen) atoms. The fourth-order valence-electron chi connectivity index (χ4n) is 2.44. The predicted molar refractivity (Wildman–Crippen MR) is 68.1 cm³/mol. The molecule has 7 heteroatoms. The van der Waals surface area contributed by atoms with E-state index < -0.39 is 12.7 Å². The Kier molecular flexibility index (Phi) is 6.04. The van der Waals surface area contributed by atoms with E-state index in [1.54, 1.807) is 0 Å². The SMILES string of the molecule is CCNC(C)(CO)CN1CCN(CC(F)(F)F)CC1. The maximum absolute atomic E-state index is 12.3. The van der Waals surface area contributed by atoms with E-state index in [0.29, 0.717) is 32.7 Å². The molecule has 0 aliphatic carbocycles. The topological polar surface area (TPSA) is 38.7 Å². The average Bonchev–Trinajstić information content (AvgIpc) is 2.30. The van der Waals surface area contributed by atoms with Crippen LogP contribution in [-0.4, -0.2) is 79.0 Å². The van der Waals surface area contributed by atoms with E-state index >= 15 is 0 Å². The molecule has 0 spiro atoms. The lowest BCUT2D eigenvalue weighted by atomic mass is 10.0. The molecule has 0 radical (unpaired) electrons. The van der Waals surface area contributed by atoms with Gasteiger partial charge in [-0.1, -0.05) is 6.92 Å². The Labute approximate surface area is 112 Å². The van der Waals surface area contributed by atoms with Crippen molar-refractivity contribution in [3.8, 4) is 0 Å². The summed E-state index contributed by atoms with van der Waals surface area (Å²) in [5.74, 6) is 0. The summed E-state index contributed by atoms with van der Waals surface area (Å²) in [5, 5.41) is 12.6. The summed E-state index contributed by atoms with van der Waals surface area (Å²) < 4.78 is 36.8. The van der Waals surface area contributed by atoms with Gasteiger partial charge in [0.15, 0.2) is 0 Å². The zero-order valence-electron chi connectivity index (χ0n) is 11.6. The van der Waals surface area contributed by atoms with Crippen LogP contribution in [0.2, 0.25) is 0 Å². The Morgan fingerprint density at radius 1 is 1.05 bits per heavy atom. The molecule has 0 amide bonds. The van der Waals surface area contributed by atoms with E-state index in [-0.39, 0.29) is 12.1 Å². The number of rotatable bonds is 6. The molecule has 0 aromatic heterocycles. The van der Waals surface area contributed by atoms with Crippen molar-refractivity contribution in [1.29, 1.82) is 0 Å². The largest absolute Gasteiger partial charge is 0.401 e. The smallest absolute Gasteiger partial charge is 0.394 e. The Hall–Kier alpha value is -0.370. The normalized spacial score (nSPS) is 22.4. The molecule has 114 valence electrons. The standard InChI is InChI=1S/C12H24F3N3O/c1-3-16-11(2,10-19)8-17-4-6-18(7-5-17)9-12(13,14)15/h16,19H,3-10H2,1-2H3. The molecular formula is C12H24F3N3O. The summed E-state index contributed by atoms with van der Waals surface area (Å²) in [6.07, 6.45) is -4.12. The number of nitrogens with zero attached hydrogens (tertiary/aromatic N) is 2. The van der Waals surface area contributed by atoms with Crippen LogP contribution in [0, 0.1) is 0 Å². The summed E-state index contributed by atoms with van der Waals surface area (Å²) >= 11 is 0. The van der Waals surface area contributed by atoms with Crippen LogP contribution in [0.3, 0.4) is 0 Å². The van der Waals surface area contributed by atoms with Gasteiger partial charge in [0.05, 0.1) is 18.7 Å². The van der Waals surface area contributed by atoms with Crippen molar-refractivity contribution in [2.24, 2.45) is 0 Å². The van der Waals surface area contributed by atoms with Crippen molar-refractivity contribution < 1.29 is 18.3 Å². The van der Waals surface area contributed by atoms with Gasteiger partial charge in [0.2, 0.25) is 0 Å². The van der Waals surface area contributed by atoms with Crippen LogP contribution < -0.4 is 5.32 Å². The highest BCUT2D eigenvalue weighted by Gasteiger charge is 2.33. The van der Waals surface area contributed by atoms with Gasteiger partial charge in [-0.25, -0.2) is 0 Å². The monoisotopic (exact) mass is 283 g/mol. The van der Waals surface area contributed by atoms with Crippen LogP contribution in [0.5, 0.6) is 0 Å². The van der Waals surface area contributed by atoms with Crippen molar-refractivity contribution in [2.45, 2.75) is 25.6 Å². The molecule has 0 aromatic carbocycles. The molecular weight excluding hydrogens is 259 g/mol. The summed E-state index contributed by atoms with van der Waals surface area (Å²) in [6.45, 7) is 6.55. The maximum atomic E-state index is 12.3. The highest BCUT2D eigenvalue weighted by atomic mass is 19.4. The minimum Gasteiger partial charge on any atom is -0.394 e. The van der Waals surface area contributed by atoms with E-state index in [1.165, 1.54) is 4.90 Å². The van der Waals surface area contributed by atoms with Crippen LogP contribution in [0.25, 0.3) is 0 Å². The van der Waals surface area contributed by atoms with Gasteiger partial charge in [-0.3, -0.25) is 9.80 Å². The summed E-state index contributed by atoms with van der Waals surface area (Å²) in [4.78, 5) is 3.53. The van der Waals surface area contributed by atoms with Crippen LogP contribution in [0.4, 0.5) is 13.2 Å². The molecule has 1 atom stereocenters. The van der Waals surface area contributed by atoms with Crippen molar-refractivity contribution in [3.05, 3.63) is 0 Å². The number of nitrogens with one attached hydrogen (secondary N) is 1.